The van der Waals surface area contributed by atoms with Gasteiger partial charge in [-0.25, -0.2) is 0 Å². The first kappa shape index (κ1) is 76.7. The van der Waals surface area contributed by atoms with Gasteiger partial charge >= 0.3 is 11.9 Å². The van der Waals surface area contributed by atoms with Crippen LogP contribution in [0.2, 0.25) is 0 Å². The molecule has 0 saturated carbocycles. The molecule has 0 aromatic rings. The van der Waals surface area contributed by atoms with Crippen molar-refractivity contribution in [3.63, 3.8) is 0 Å². The van der Waals surface area contributed by atoms with E-state index in [0.29, 0.717) is 25.7 Å². The van der Waals surface area contributed by atoms with E-state index >= 15 is 0 Å². The molecule has 2 heterocycles. The van der Waals surface area contributed by atoms with E-state index in [1.165, 1.54) is 161 Å². The molecular weight excluding hydrogens is 1050 g/mol. The molecule has 0 aromatic heterocycles. The van der Waals surface area contributed by atoms with Crippen molar-refractivity contribution in [2.24, 2.45) is 0 Å². The number of ether oxygens (including phenoxy) is 5. The van der Waals surface area contributed by atoms with Crippen LogP contribution in [0, 0.1) is 0 Å². The number of aliphatic hydroxyl groups is 4. The lowest BCUT2D eigenvalue weighted by Gasteiger charge is -2.48. The summed E-state index contributed by atoms with van der Waals surface area (Å²) < 4.78 is 31.2. The van der Waals surface area contributed by atoms with E-state index in [4.69, 9.17) is 23.7 Å². The molecule has 2 aliphatic heterocycles. The molecule has 488 valence electrons. The normalized spacial score (nSPS) is 22.6. The highest BCUT2D eigenvalue weighted by Crippen LogP contribution is 2.33. The first-order chi connectivity index (χ1) is 40.5. The quantitative estimate of drug-likeness (QED) is 0.0247. The van der Waals surface area contributed by atoms with Crippen molar-refractivity contribution in [2.75, 3.05) is 13.2 Å². The van der Waals surface area contributed by atoms with Gasteiger partial charge in [-0.2, -0.15) is 0 Å². The molecular formula is C68H128N2O13. The van der Waals surface area contributed by atoms with E-state index in [9.17, 15) is 39.6 Å². The summed E-state index contributed by atoms with van der Waals surface area (Å²) in [5.41, 5.74) is 0. The molecule has 15 heteroatoms. The molecule has 0 spiro atoms. The van der Waals surface area contributed by atoms with Crippen molar-refractivity contribution in [1.29, 1.82) is 0 Å². The zero-order valence-electron chi connectivity index (χ0n) is 53.6. The Labute approximate surface area is 506 Å². The molecule has 0 aromatic carbocycles. The van der Waals surface area contributed by atoms with Gasteiger partial charge in [0.15, 0.2) is 24.8 Å². The first-order valence-electron chi connectivity index (χ1n) is 35.1. The number of aliphatic hydroxyl groups excluding tert-OH is 4. The second-order valence-electron chi connectivity index (χ2n) is 24.8. The van der Waals surface area contributed by atoms with Gasteiger partial charge in [0.2, 0.25) is 11.8 Å². The van der Waals surface area contributed by atoms with Gasteiger partial charge in [0.25, 0.3) is 0 Å². The van der Waals surface area contributed by atoms with Gasteiger partial charge in [0.05, 0.1) is 13.2 Å². The lowest BCUT2D eigenvalue weighted by molar-refractivity contribution is -0.329. The summed E-state index contributed by atoms with van der Waals surface area (Å²) in [4.78, 5) is 55.4. The fourth-order valence-corrected chi connectivity index (χ4v) is 11.9. The smallest absolute Gasteiger partial charge is 0.306 e. The van der Waals surface area contributed by atoms with Gasteiger partial charge < -0.3 is 54.7 Å². The Morgan fingerprint density at radius 3 is 0.964 bits per heavy atom. The fourth-order valence-electron chi connectivity index (χ4n) is 11.9. The molecule has 0 aliphatic carbocycles. The number of hydrogen-bond donors (Lipinski definition) is 6. The summed E-state index contributed by atoms with van der Waals surface area (Å²) in [7, 11) is 0. The monoisotopic (exact) mass is 1180 g/mol. The predicted molar refractivity (Wildman–Crippen MR) is 333 cm³/mol. The maximum atomic E-state index is 14.0. The van der Waals surface area contributed by atoms with Crippen LogP contribution in [0.1, 0.15) is 336 Å². The van der Waals surface area contributed by atoms with E-state index < -0.39 is 86.4 Å². The highest BCUT2D eigenvalue weighted by atomic mass is 16.7. The number of hydrogen-bond acceptors (Lipinski definition) is 13. The minimum atomic E-state index is -1.71. The molecule has 2 saturated heterocycles. The molecule has 2 fully saturated rings. The average Bonchev–Trinajstić information content (AvgIpc) is 3.62. The molecule has 6 N–H and O–H groups in total. The molecule has 10 atom stereocenters. The molecule has 0 radical (unpaired) electrons. The van der Waals surface area contributed by atoms with Crippen molar-refractivity contribution in [2.45, 2.75) is 397 Å². The van der Waals surface area contributed by atoms with Gasteiger partial charge in [-0.1, -0.05) is 285 Å². The van der Waals surface area contributed by atoms with Crippen LogP contribution in [0.4, 0.5) is 0 Å². The Balaban J connectivity index is 2.33. The van der Waals surface area contributed by atoms with Crippen LogP contribution >= 0.6 is 0 Å². The molecule has 83 heavy (non-hydrogen) atoms. The molecule has 0 bridgehead atoms. The summed E-state index contributed by atoms with van der Waals surface area (Å²) in [5.74, 6) is -1.94. The van der Waals surface area contributed by atoms with Crippen molar-refractivity contribution >= 4 is 23.8 Å². The largest absolute Gasteiger partial charge is 0.457 e. The minimum Gasteiger partial charge on any atom is -0.457 e. The third-order valence-electron chi connectivity index (χ3n) is 17.2. The van der Waals surface area contributed by atoms with E-state index in [1.807, 2.05) is 0 Å². The van der Waals surface area contributed by atoms with Crippen LogP contribution in [-0.4, -0.2) is 119 Å². The predicted octanol–water partition coefficient (Wildman–Crippen LogP) is 14.8. The van der Waals surface area contributed by atoms with Gasteiger partial charge in [0.1, 0.15) is 36.5 Å². The maximum Gasteiger partial charge on any atom is 0.306 e. The Kier molecular flexibility index (Phi) is 48.7. The second kappa shape index (κ2) is 52.7. The Hall–Kier alpha value is -2.40. The zero-order chi connectivity index (χ0) is 60.4. The minimum absolute atomic E-state index is 0.0635. The van der Waals surface area contributed by atoms with Crippen LogP contribution in [0.5, 0.6) is 0 Å². The van der Waals surface area contributed by atoms with Crippen LogP contribution in [0.3, 0.4) is 0 Å². The maximum absolute atomic E-state index is 14.0. The van der Waals surface area contributed by atoms with E-state index in [-0.39, 0.29) is 37.5 Å². The number of carbonyl (C=O) groups is 4. The molecule has 1 unspecified atom stereocenters. The van der Waals surface area contributed by atoms with E-state index in [0.717, 1.165) is 96.3 Å². The molecule has 2 aliphatic rings. The van der Waals surface area contributed by atoms with Gasteiger partial charge in [-0.3, -0.25) is 19.2 Å². The number of esters is 2. The first-order valence-corrected chi connectivity index (χ1v) is 35.1. The Morgan fingerprint density at radius 2 is 0.639 bits per heavy atom. The number of unbranched alkanes of at least 4 members (excludes halogenated alkanes) is 40. The number of amides is 2. The standard InChI is InChI=1S/C68H128N2O13/c1-5-9-13-17-21-25-29-33-37-41-45-49-57(73)69-61-66(82-60(76)52-48-44-40-36-32-28-24-20-16-12-8-4)64(56(54-72)79-67(61)78)83-68-62(70-58(74)50-46-42-38-34-30-26-22-18-14-10-6-2)65(63(77)55(53-71)80-68)81-59(75)51-47-43-39-35-31-27-23-19-15-11-7-3/h55-56,61-68,71-72,77-78H,5-54H2,1-4H3,(H,69,73)(H,70,74)/t55-,56-,61-,62-,63-,64-,65-,66-,67?,68+/m1/s1. The highest BCUT2D eigenvalue weighted by molar-refractivity contribution is 5.77. The summed E-state index contributed by atoms with van der Waals surface area (Å²) >= 11 is 0. The Bertz CT molecular complexity index is 1560. The molecule has 15 nitrogen and oxygen atoms in total. The van der Waals surface area contributed by atoms with E-state index in [1.54, 1.807) is 0 Å². The van der Waals surface area contributed by atoms with Crippen LogP contribution in [0.15, 0.2) is 0 Å². The van der Waals surface area contributed by atoms with Gasteiger partial charge in [-0.05, 0) is 25.7 Å². The lowest BCUT2D eigenvalue weighted by Crippen LogP contribution is -2.70. The van der Waals surface area contributed by atoms with Crippen molar-refractivity contribution in [1.82, 2.24) is 10.6 Å². The van der Waals surface area contributed by atoms with Crippen molar-refractivity contribution in [3.8, 4) is 0 Å². The van der Waals surface area contributed by atoms with Crippen LogP contribution in [0.25, 0.3) is 0 Å². The SMILES string of the molecule is CCCCCCCCCCCCCC(=O)N[C@H]1[C@H](O[C@H]2[C@H](OC(=O)CCCCCCCCCCCCC)[C@@H](NC(=O)CCCCCCCCCCCCC)C(O)O[C@@H]2CO)O[C@H](CO)[C@@H](O)[C@@H]1OC(=O)CCCCCCCCCCCCC. The van der Waals surface area contributed by atoms with Crippen LogP contribution in [-0.2, 0) is 42.9 Å². The van der Waals surface area contributed by atoms with Gasteiger partial charge in [-0.15, -0.1) is 0 Å². The van der Waals surface area contributed by atoms with Crippen molar-refractivity contribution < 1.29 is 63.3 Å². The van der Waals surface area contributed by atoms with Crippen molar-refractivity contribution in [3.05, 3.63) is 0 Å². The van der Waals surface area contributed by atoms with E-state index in [2.05, 4.69) is 38.3 Å². The highest BCUT2D eigenvalue weighted by Gasteiger charge is 2.54. The Morgan fingerprint density at radius 1 is 0.349 bits per heavy atom. The average molecular weight is 1180 g/mol. The number of carbonyl (C=O) groups excluding carboxylic acids is 4. The fraction of sp³-hybridized carbons (Fsp3) is 0.941. The molecule has 2 rings (SSSR count). The summed E-state index contributed by atoms with van der Waals surface area (Å²) in [6.07, 6.45) is 37.4. The lowest BCUT2D eigenvalue weighted by atomic mass is 9.94. The number of nitrogens with one attached hydrogen (secondary N) is 2. The number of rotatable bonds is 56. The topological polar surface area (TPSA) is 219 Å². The second-order valence-corrected chi connectivity index (χ2v) is 24.8. The zero-order valence-corrected chi connectivity index (χ0v) is 53.6. The van der Waals surface area contributed by atoms with Gasteiger partial charge in [0, 0.05) is 25.7 Å². The summed E-state index contributed by atoms with van der Waals surface area (Å²) in [6.45, 7) is 7.48. The van der Waals surface area contributed by atoms with Crippen LogP contribution < -0.4 is 10.6 Å². The summed E-state index contributed by atoms with van der Waals surface area (Å²) in [6, 6.07) is -2.66. The third kappa shape index (κ3) is 37.1. The molecule has 2 amide bonds. The summed E-state index contributed by atoms with van der Waals surface area (Å²) in [5, 5.41) is 50.7. The third-order valence-corrected chi connectivity index (χ3v) is 17.2.